The Hall–Kier alpha value is -1.39. The van der Waals surface area contributed by atoms with Crippen LogP contribution in [0.25, 0.3) is 0 Å². The average molecular weight is 248 g/mol. The highest BCUT2D eigenvalue weighted by Gasteiger charge is 2.34. The van der Waals surface area contributed by atoms with Crippen LogP contribution in [0.4, 0.5) is 0 Å². The lowest BCUT2D eigenvalue weighted by atomic mass is 10.0. The molecule has 0 spiro atoms. The van der Waals surface area contributed by atoms with E-state index >= 15 is 0 Å². The van der Waals surface area contributed by atoms with Crippen molar-refractivity contribution in [3.63, 3.8) is 0 Å². The van der Waals surface area contributed by atoms with Crippen LogP contribution in [0.5, 0.6) is 0 Å². The molecule has 1 aromatic rings. The number of carbonyl (C=O) groups is 1. The fourth-order valence-corrected chi connectivity index (χ4v) is 2.23. The van der Waals surface area contributed by atoms with Gasteiger partial charge in [-0.3, -0.25) is 4.79 Å². The molecule has 1 saturated heterocycles. The Morgan fingerprint density at radius 3 is 2.61 bits per heavy atom. The fraction of sp³-hybridized carbons (Fsp3) is 0.500. The zero-order valence-corrected chi connectivity index (χ0v) is 10.9. The van der Waals surface area contributed by atoms with Gasteiger partial charge in [0.2, 0.25) is 5.91 Å². The zero-order valence-electron chi connectivity index (χ0n) is 10.9. The van der Waals surface area contributed by atoms with E-state index in [1.807, 2.05) is 44.3 Å². The van der Waals surface area contributed by atoms with E-state index in [-0.39, 0.29) is 23.9 Å². The van der Waals surface area contributed by atoms with Crippen molar-refractivity contribution < 1.29 is 9.53 Å². The molecule has 2 N–H and O–H groups in total. The predicted octanol–water partition coefficient (Wildman–Crippen LogP) is 1.18. The first-order valence-electron chi connectivity index (χ1n) is 6.26. The van der Waals surface area contributed by atoms with E-state index in [2.05, 4.69) is 0 Å². The molecule has 18 heavy (non-hydrogen) atoms. The molecule has 0 saturated carbocycles. The summed E-state index contributed by atoms with van der Waals surface area (Å²) in [6.07, 6.45) is 0. The van der Waals surface area contributed by atoms with E-state index in [1.165, 1.54) is 0 Å². The maximum atomic E-state index is 12.3. The summed E-state index contributed by atoms with van der Waals surface area (Å²) in [6.45, 7) is 2.93. The summed E-state index contributed by atoms with van der Waals surface area (Å²) in [5, 5.41) is 0. The Morgan fingerprint density at radius 1 is 1.39 bits per heavy atom. The van der Waals surface area contributed by atoms with Crippen LogP contribution in [0.15, 0.2) is 30.3 Å². The molecule has 1 amide bonds. The average Bonchev–Trinajstić information content (AvgIpc) is 2.83. The van der Waals surface area contributed by atoms with Gasteiger partial charge in [-0.1, -0.05) is 30.3 Å². The van der Waals surface area contributed by atoms with Crippen LogP contribution in [-0.4, -0.2) is 37.1 Å². The van der Waals surface area contributed by atoms with Crippen LogP contribution in [0, 0.1) is 5.92 Å². The highest BCUT2D eigenvalue weighted by Crippen LogP contribution is 2.22. The largest absolute Gasteiger partial charge is 0.379 e. The molecule has 4 heteroatoms. The maximum Gasteiger partial charge on any atom is 0.229 e. The molecule has 1 aliphatic heterocycles. The molecule has 1 aliphatic rings. The normalized spacial score (nSPS) is 24.8. The molecule has 3 atom stereocenters. The number of benzene rings is 1. The van der Waals surface area contributed by atoms with Gasteiger partial charge in [0.15, 0.2) is 0 Å². The summed E-state index contributed by atoms with van der Waals surface area (Å²) >= 11 is 0. The van der Waals surface area contributed by atoms with Crippen molar-refractivity contribution in [3.05, 3.63) is 35.9 Å². The molecule has 1 fully saturated rings. The van der Waals surface area contributed by atoms with Crippen LogP contribution in [0.3, 0.4) is 0 Å². The van der Waals surface area contributed by atoms with E-state index in [4.69, 9.17) is 10.5 Å². The first-order valence-corrected chi connectivity index (χ1v) is 6.26. The summed E-state index contributed by atoms with van der Waals surface area (Å²) in [7, 11) is 1.82. The van der Waals surface area contributed by atoms with Gasteiger partial charge in [-0.2, -0.15) is 0 Å². The van der Waals surface area contributed by atoms with Crippen molar-refractivity contribution in [2.75, 3.05) is 20.3 Å². The smallest absolute Gasteiger partial charge is 0.229 e. The third-order valence-electron chi connectivity index (χ3n) is 3.65. The lowest BCUT2D eigenvalue weighted by Crippen LogP contribution is -2.42. The van der Waals surface area contributed by atoms with Crippen LogP contribution in [0.1, 0.15) is 18.5 Å². The Labute approximate surface area is 108 Å². The molecular weight excluding hydrogens is 228 g/mol. The van der Waals surface area contributed by atoms with Gasteiger partial charge >= 0.3 is 0 Å². The molecule has 0 bridgehead atoms. The molecule has 0 aromatic heterocycles. The molecule has 4 nitrogen and oxygen atoms in total. The lowest BCUT2D eigenvalue weighted by Gasteiger charge is -2.28. The second-order valence-electron chi connectivity index (χ2n) is 4.84. The molecule has 3 unspecified atom stereocenters. The highest BCUT2D eigenvalue weighted by atomic mass is 16.5. The van der Waals surface area contributed by atoms with Crippen molar-refractivity contribution in [1.82, 2.24) is 4.90 Å². The van der Waals surface area contributed by atoms with Crippen molar-refractivity contribution in [3.8, 4) is 0 Å². The Kier molecular flexibility index (Phi) is 3.99. The first-order chi connectivity index (χ1) is 8.61. The third kappa shape index (κ3) is 2.54. The van der Waals surface area contributed by atoms with Gasteiger partial charge in [0.05, 0.1) is 25.2 Å². The number of hydrogen-bond donors (Lipinski definition) is 1. The number of nitrogens with zero attached hydrogens (tertiary/aromatic N) is 1. The van der Waals surface area contributed by atoms with E-state index in [0.29, 0.717) is 13.2 Å². The van der Waals surface area contributed by atoms with Gasteiger partial charge in [-0.05, 0) is 12.5 Å². The van der Waals surface area contributed by atoms with Crippen LogP contribution in [-0.2, 0) is 9.53 Å². The van der Waals surface area contributed by atoms with Crippen molar-refractivity contribution in [1.29, 1.82) is 0 Å². The predicted molar refractivity (Wildman–Crippen MR) is 69.9 cm³/mol. The Balaban J connectivity index is 2.07. The second-order valence-corrected chi connectivity index (χ2v) is 4.84. The summed E-state index contributed by atoms with van der Waals surface area (Å²) in [5.74, 6) is -0.141. The standard InChI is InChI=1S/C14H20N2O2/c1-10(11-6-4-3-5-7-11)16(2)14(17)12-8-18-9-13(12)15/h3-7,10,12-13H,8-9,15H2,1-2H3. The minimum absolute atomic E-state index is 0.0477. The molecule has 98 valence electrons. The lowest BCUT2D eigenvalue weighted by molar-refractivity contribution is -0.136. The van der Waals surface area contributed by atoms with Crippen LogP contribution < -0.4 is 5.73 Å². The fourth-order valence-electron chi connectivity index (χ4n) is 2.23. The molecule has 0 aliphatic carbocycles. The van der Waals surface area contributed by atoms with E-state index in [0.717, 1.165) is 5.56 Å². The molecule has 2 rings (SSSR count). The molecular formula is C14H20N2O2. The minimum Gasteiger partial charge on any atom is -0.379 e. The summed E-state index contributed by atoms with van der Waals surface area (Å²) in [4.78, 5) is 14.1. The monoisotopic (exact) mass is 248 g/mol. The number of amides is 1. The third-order valence-corrected chi connectivity index (χ3v) is 3.65. The summed E-state index contributed by atoms with van der Waals surface area (Å²) < 4.78 is 5.25. The van der Waals surface area contributed by atoms with Gasteiger partial charge in [0, 0.05) is 13.1 Å². The van der Waals surface area contributed by atoms with Gasteiger partial charge in [0.25, 0.3) is 0 Å². The van der Waals surface area contributed by atoms with Gasteiger partial charge < -0.3 is 15.4 Å². The van der Waals surface area contributed by atoms with E-state index < -0.39 is 0 Å². The van der Waals surface area contributed by atoms with Crippen LogP contribution >= 0.6 is 0 Å². The number of ether oxygens (including phenoxy) is 1. The quantitative estimate of drug-likeness (QED) is 0.874. The summed E-state index contributed by atoms with van der Waals surface area (Å²) in [5.41, 5.74) is 7.01. The van der Waals surface area contributed by atoms with E-state index in [1.54, 1.807) is 4.90 Å². The SMILES string of the molecule is CC(c1ccccc1)N(C)C(=O)C1COCC1N. The van der Waals surface area contributed by atoms with Gasteiger partial charge in [0.1, 0.15) is 0 Å². The van der Waals surface area contributed by atoms with Crippen molar-refractivity contribution in [2.24, 2.45) is 11.7 Å². The van der Waals surface area contributed by atoms with Crippen molar-refractivity contribution >= 4 is 5.91 Å². The van der Waals surface area contributed by atoms with E-state index in [9.17, 15) is 4.79 Å². The Bertz CT molecular complexity index is 408. The Morgan fingerprint density at radius 2 is 2.06 bits per heavy atom. The number of nitrogens with two attached hydrogens (primary N) is 1. The molecule has 1 heterocycles. The second kappa shape index (κ2) is 5.50. The van der Waals surface area contributed by atoms with Gasteiger partial charge in [-0.25, -0.2) is 0 Å². The zero-order chi connectivity index (χ0) is 13.1. The number of hydrogen-bond acceptors (Lipinski definition) is 3. The highest BCUT2D eigenvalue weighted by molar-refractivity contribution is 5.80. The minimum atomic E-state index is -0.207. The summed E-state index contributed by atoms with van der Waals surface area (Å²) in [6, 6.07) is 9.86. The van der Waals surface area contributed by atoms with Crippen molar-refractivity contribution in [2.45, 2.75) is 19.0 Å². The first kappa shape index (κ1) is 13.1. The number of rotatable bonds is 3. The molecule has 1 aromatic carbocycles. The van der Waals surface area contributed by atoms with Crippen LogP contribution in [0.2, 0.25) is 0 Å². The topological polar surface area (TPSA) is 55.6 Å². The number of carbonyl (C=O) groups excluding carboxylic acids is 1. The molecule has 0 radical (unpaired) electrons. The van der Waals surface area contributed by atoms with Gasteiger partial charge in [-0.15, -0.1) is 0 Å². The maximum absolute atomic E-state index is 12.3.